The average Bonchev–Trinajstić information content (AvgIpc) is 2.49. The van der Waals surface area contributed by atoms with Crippen molar-refractivity contribution in [3.05, 3.63) is 59.7 Å². The van der Waals surface area contributed by atoms with Crippen LogP contribution in [-0.2, 0) is 11.2 Å². The van der Waals surface area contributed by atoms with Crippen LogP contribution in [0.5, 0.6) is 5.75 Å². The fourth-order valence-corrected chi connectivity index (χ4v) is 2.04. The first kappa shape index (κ1) is 15.9. The Morgan fingerprint density at radius 1 is 1.18 bits per heavy atom. The molecule has 1 amide bonds. The summed E-state index contributed by atoms with van der Waals surface area (Å²) in [5.74, 6) is -0.766. The van der Waals surface area contributed by atoms with Crippen molar-refractivity contribution in [1.82, 2.24) is 0 Å². The molecule has 0 saturated heterocycles. The summed E-state index contributed by atoms with van der Waals surface area (Å²) in [5, 5.41) is 2.66. The van der Waals surface area contributed by atoms with Crippen molar-refractivity contribution in [2.75, 3.05) is 11.9 Å². The molecule has 0 bridgehead atoms. The summed E-state index contributed by atoms with van der Waals surface area (Å²) < 4.78 is 32.0. The van der Waals surface area contributed by atoms with Gasteiger partial charge in [0.2, 0.25) is 5.91 Å². The molecule has 116 valence electrons. The quantitative estimate of drug-likeness (QED) is 0.878. The topological polar surface area (TPSA) is 38.3 Å². The molecular weight excluding hydrogens is 288 g/mol. The standard InChI is InChI=1S/C17H17F2NO2/c1-2-22-16-11-13(18)8-9-15(16)20-17(21)10-7-12-5-3-4-6-14(12)19/h3-6,8-9,11H,2,7,10H2,1H3,(H,20,21). The van der Waals surface area contributed by atoms with Crippen LogP contribution in [0.15, 0.2) is 42.5 Å². The van der Waals surface area contributed by atoms with Crippen LogP contribution in [0.4, 0.5) is 14.5 Å². The zero-order valence-electron chi connectivity index (χ0n) is 12.2. The van der Waals surface area contributed by atoms with Gasteiger partial charge in [-0.25, -0.2) is 8.78 Å². The average molecular weight is 305 g/mol. The van der Waals surface area contributed by atoms with Crippen LogP contribution >= 0.6 is 0 Å². The molecule has 22 heavy (non-hydrogen) atoms. The van der Waals surface area contributed by atoms with E-state index in [4.69, 9.17) is 4.74 Å². The van der Waals surface area contributed by atoms with E-state index in [1.165, 1.54) is 24.3 Å². The van der Waals surface area contributed by atoms with Crippen LogP contribution in [0.25, 0.3) is 0 Å². The van der Waals surface area contributed by atoms with Crippen molar-refractivity contribution in [2.45, 2.75) is 19.8 Å². The summed E-state index contributed by atoms with van der Waals surface area (Å²) in [6.45, 7) is 2.14. The van der Waals surface area contributed by atoms with E-state index in [1.54, 1.807) is 25.1 Å². The molecule has 2 aromatic rings. The van der Waals surface area contributed by atoms with Crippen LogP contribution < -0.4 is 10.1 Å². The smallest absolute Gasteiger partial charge is 0.224 e. The molecule has 1 N–H and O–H groups in total. The highest BCUT2D eigenvalue weighted by atomic mass is 19.1. The molecule has 0 heterocycles. The second-order valence-corrected chi connectivity index (χ2v) is 4.71. The number of aryl methyl sites for hydroxylation is 1. The summed E-state index contributed by atoms with van der Waals surface area (Å²) in [6, 6.07) is 10.2. The summed E-state index contributed by atoms with van der Waals surface area (Å²) in [6.07, 6.45) is 0.424. The van der Waals surface area contributed by atoms with Crippen LogP contribution in [0.2, 0.25) is 0 Å². The van der Waals surface area contributed by atoms with E-state index in [9.17, 15) is 13.6 Å². The molecule has 0 unspecified atom stereocenters. The number of anilines is 1. The van der Waals surface area contributed by atoms with Crippen molar-refractivity contribution < 1.29 is 18.3 Å². The van der Waals surface area contributed by atoms with Gasteiger partial charge in [-0.3, -0.25) is 4.79 Å². The minimum absolute atomic E-state index is 0.129. The predicted octanol–water partition coefficient (Wildman–Crippen LogP) is 3.93. The van der Waals surface area contributed by atoms with Crippen molar-refractivity contribution in [3.8, 4) is 5.75 Å². The van der Waals surface area contributed by atoms with E-state index in [1.807, 2.05) is 0 Å². The first-order valence-corrected chi connectivity index (χ1v) is 7.05. The number of amides is 1. The largest absolute Gasteiger partial charge is 0.492 e. The third-order valence-corrected chi connectivity index (χ3v) is 3.10. The molecule has 0 aromatic heterocycles. The zero-order chi connectivity index (χ0) is 15.9. The third kappa shape index (κ3) is 4.28. The van der Waals surface area contributed by atoms with Crippen molar-refractivity contribution in [3.63, 3.8) is 0 Å². The number of ether oxygens (including phenoxy) is 1. The number of halogens is 2. The van der Waals surface area contributed by atoms with E-state index in [0.717, 1.165) is 0 Å². The summed E-state index contributed by atoms with van der Waals surface area (Å²) in [4.78, 5) is 12.0. The van der Waals surface area contributed by atoms with Crippen molar-refractivity contribution in [2.24, 2.45) is 0 Å². The zero-order valence-corrected chi connectivity index (χ0v) is 12.2. The fraction of sp³-hybridized carbons (Fsp3) is 0.235. The monoisotopic (exact) mass is 305 g/mol. The number of hydrogen-bond donors (Lipinski definition) is 1. The molecule has 2 rings (SSSR count). The third-order valence-electron chi connectivity index (χ3n) is 3.10. The van der Waals surface area contributed by atoms with Crippen molar-refractivity contribution in [1.29, 1.82) is 0 Å². The van der Waals surface area contributed by atoms with Gasteiger partial charge in [0.05, 0.1) is 12.3 Å². The summed E-state index contributed by atoms with van der Waals surface area (Å²) in [5.41, 5.74) is 0.892. The number of carbonyl (C=O) groups excluding carboxylic acids is 1. The maximum Gasteiger partial charge on any atom is 0.224 e. The Kier molecular flexibility index (Phi) is 5.47. The van der Waals surface area contributed by atoms with Gasteiger partial charge in [-0.15, -0.1) is 0 Å². The highest BCUT2D eigenvalue weighted by Gasteiger charge is 2.10. The molecule has 0 aliphatic carbocycles. The lowest BCUT2D eigenvalue weighted by Gasteiger charge is -2.11. The van der Waals surface area contributed by atoms with E-state index in [-0.39, 0.29) is 23.9 Å². The van der Waals surface area contributed by atoms with E-state index < -0.39 is 5.82 Å². The molecule has 0 radical (unpaired) electrons. The molecule has 0 spiro atoms. The highest BCUT2D eigenvalue weighted by Crippen LogP contribution is 2.25. The second-order valence-electron chi connectivity index (χ2n) is 4.71. The van der Waals surface area contributed by atoms with E-state index >= 15 is 0 Å². The van der Waals surface area contributed by atoms with E-state index in [2.05, 4.69) is 5.32 Å². The van der Waals surface area contributed by atoms with Crippen LogP contribution in [0.3, 0.4) is 0 Å². The Labute approximate surface area is 127 Å². The van der Waals surface area contributed by atoms with Crippen molar-refractivity contribution >= 4 is 11.6 Å². The van der Waals surface area contributed by atoms with Gasteiger partial charge in [-0.1, -0.05) is 18.2 Å². The van der Waals surface area contributed by atoms with Crippen LogP contribution in [-0.4, -0.2) is 12.5 Å². The maximum absolute atomic E-state index is 13.5. The number of carbonyl (C=O) groups is 1. The van der Waals surface area contributed by atoms with Gasteiger partial charge < -0.3 is 10.1 Å². The summed E-state index contributed by atoms with van der Waals surface area (Å²) >= 11 is 0. The second kappa shape index (κ2) is 7.54. The first-order valence-electron chi connectivity index (χ1n) is 7.05. The molecule has 2 aromatic carbocycles. The molecule has 0 atom stereocenters. The molecular formula is C17H17F2NO2. The molecule has 0 aliphatic rings. The van der Waals surface area contributed by atoms with Gasteiger partial charge >= 0.3 is 0 Å². The van der Waals surface area contributed by atoms with Crippen LogP contribution in [0.1, 0.15) is 18.9 Å². The first-order chi connectivity index (χ1) is 10.6. The van der Waals surface area contributed by atoms with Gasteiger partial charge in [0, 0.05) is 12.5 Å². The minimum atomic E-state index is -0.437. The molecule has 0 aliphatic heterocycles. The number of nitrogens with one attached hydrogen (secondary N) is 1. The van der Waals surface area contributed by atoms with E-state index in [0.29, 0.717) is 24.3 Å². The molecule has 0 fully saturated rings. The van der Waals surface area contributed by atoms with Gasteiger partial charge in [0.15, 0.2) is 0 Å². The fourth-order valence-electron chi connectivity index (χ4n) is 2.04. The Balaban J connectivity index is 1.99. The van der Waals surface area contributed by atoms with Gasteiger partial charge in [-0.05, 0) is 37.1 Å². The Bertz CT molecular complexity index is 659. The molecule has 3 nitrogen and oxygen atoms in total. The van der Waals surface area contributed by atoms with Gasteiger partial charge in [0.1, 0.15) is 17.4 Å². The number of rotatable bonds is 6. The minimum Gasteiger partial charge on any atom is -0.492 e. The number of hydrogen-bond acceptors (Lipinski definition) is 2. The molecule has 0 saturated carbocycles. The number of benzene rings is 2. The Hall–Kier alpha value is -2.43. The molecule has 5 heteroatoms. The lowest BCUT2D eigenvalue weighted by Crippen LogP contribution is -2.13. The normalized spacial score (nSPS) is 10.3. The Morgan fingerprint density at radius 2 is 1.95 bits per heavy atom. The highest BCUT2D eigenvalue weighted by molar-refractivity contribution is 5.92. The Morgan fingerprint density at radius 3 is 2.68 bits per heavy atom. The van der Waals surface area contributed by atoms with Gasteiger partial charge in [0.25, 0.3) is 0 Å². The lowest BCUT2D eigenvalue weighted by molar-refractivity contribution is -0.116. The van der Waals surface area contributed by atoms with Gasteiger partial charge in [-0.2, -0.15) is 0 Å². The lowest BCUT2D eigenvalue weighted by atomic mass is 10.1. The predicted molar refractivity (Wildman–Crippen MR) is 80.9 cm³/mol. The SMILES string of the molecule is CCOc1cc(F)ccc1NC(=O)CCc1ccccc1F. The maximum atomic E-state index is 13.5. The van der Waals surface area contributed by atoms with Crippen LogP contribution in [0, 0.1) is 11.6 Å². The summed E-state index contributed by atoms with van der Waals surface area (Å²) in [7, 11) is 0.